The molecule has 11 heteroatoms. The van der Waals surface area contributed by atoms with E-state index < -0.39 is 66.4 Å². The van der Waals surface area contributed by atoms with Crippen molar-refractivity contribution in [1.82, 2.24) is 10.6 Å². The van der Waals surface area contributed by atoms with Crippen molar-refractivity contribution in [2.75, 3.05) is 13.7 Å². The molecule has 0 aliphatic carbocycles. The van der Waals surface area contributed by atoms with Gasteiger partial charge in [0, 0.05) is 7.11 Å². The topological polar surface area (TPSA) is 142 Å². The number of carboxylic acid groups (broad SMARTS) is 1. The maximum absolute atomic E-state index is 12.3. The van der Waals surface area contributed by atoms with E-state index in [-0.39, 0.29) is 6.54 Å². The standard InChI is InChI=1S/C18H30N2O9/c1-17(2,3)29-16(24)19-8-10(21)20-9(7-11(22)23)12-13(25-6)14-15(26-12)28-18(4,5)27-14/h9,12-15H,7-8H2,1-6H3,(H,19,24)(H,20,21)(H,22,23)/t9-,12+,13-,14+,15+/m0/s1. The Morgan fingerprint density at radius 2 is 1.86 bits per heavy atom. The van der Waals surface area contributed by atoms with E-state index in [2.05, 4.69) is 10.6 Å². The number of rotatable bonds is 7. The van der Waals surface area contributed by atoms with Gasteiger partial charge in [0.1, 0.15) is 30.5 Å². The van der Waals surface area contributed by atoms with Gasteiger partial charge in [-0.1, -0.05) is 0 Å². The molecule has 2 rings (SSSR count). The van der Waals surface area contributed by atoms with Gasteiger partial charge in [0.2, 0.25) is 5.91 Å². The van der Waals surface area contributed by atoms with Crippen molar-refractivity contribution in [3.05, 3.63) is 0 Å². The largest absolute Gasteiger partial charge is 0.481 e. The van der Waals surface area contributed by atoms with Gasteiger partial charge in [0.25, 0.3) is 0 Å². The van der Waals surface area contributed by atoms with Crippen LogP contribution >= 0.6 is 0 Å². The zero-order valence-electron chi connectivity index (χ0n) is 17.5. The Labute approximate surface area is 169 Å². The predicted octanol–water partition coefficient (Wildman–Crippen LogP) is 0.362. The van der Waals surface area contributed by atoms with Gasteiger partial charge in [-0.3, -0.25) is 9.59 Å². The third-order valence-electron chi connectivity index (χ3n) is 4.23. The summed E-state index contributed by atoms with van der Waals surface area (Å²) in [6.07, 6.45) is -3.93. The fraction of sp³-hybridized carbons (Fsp3) is 0.833. The lowest BCUT2D eigenvalue weighted by atomic mass is 10.0. The number of nitrogens with one attached hydrogen (secondary N) is 2. The van der Waals surface area contributed by atoms with Gasteiger partial charge < -0.3 is 39.4 Å². The number of hydrogen-bond acceptors (Lipinski definition) is 8. The molecule has 0 bridgehead atoms. The van der Waals surface area contributed by atoms with Crippen molar-refractivity contribution >= 4 is 18.0 Å². The number of ether oxygens (including phenoxy) is 5. The van der Waals surface area contributed by atoms with Crippen LogP contribution < -0.4 is 10.6 Å². The highest BCUT2D eigenvalue weighted by molar-refractivity contribution is 5.83. The van der Waals surface area contributed by atoms with E-state index in [0.717, 1.165) is 0 Å². The predicted molar refractivity (Wildman–Crippen MR) is 97.9 cm³/mol. The van der Waals surface area contributed by atoms with Crippen LogP contribution in [0.15, 0.2) is 0 Å². The fourth-order valence-electron chi connectivity index (χ4n) is 3.26. The van der Waals surface area contributed by atoms with Crippen molar-refractivity contribution in [3.63, 3.8) is 0 Å². The summed E-state index contributed by atoms with van der Waals surface area (Å²) in [6, 6.07) is -0.925. The summed E-state index contributed by atoms with van der Waals surface area (Å²) < 4.78 is 27.8. The molecular formula is C18H30N2O9. The number of fused-ring (bicyclic) bond motifs is 1. The van der Waals surface area contributed by atoms with Gasteiger partial charge in [-0.15, -0.1) is 0 Å². The van der Waals surface area contributed by atoms with Gasteiger partial charge >= 0.3 is 12.1 Å². The van der Waals surface area contributed by atoms with Crippen LogP contribution in [0, 0.1) is 0 Å². The number of carboxylic acids is 1. The first-order valence-corrected chi connectivity index (χ1v) is 9.33. The van der Waals surface area contributed by atoms with Crippen LogP contribution in [-0.2, 0) is 33.3 Å². The van der Waals surface area contributed by atoms with Crippen molar-refractivity contribution in [2.45, 2.75) is 83.1 Å². The number of alkyl carbamates (subject to hydrolysis) is 1. The highest BCUT2D eigenvalue weighted by atomic mass is 16.8. The summed E-state index contributed by atoms with van der Waals surface area (Å²) in [7, 11) is 1.45. The molecule has 166 valence electrons. The van der Waals surface area contributed by atoms with Crippen LogP contribution in [0.5, 0.6) is 0 Å². The van der Waals surface area contributed by atoms with Crippen molar-refractivity contribution in [3.8, 4) is 0 Å². The van der Waals surface area contributed by atoms with Gasteiger partial charge in [0.05, 0.1) is 12.5 Å². The van der Waals surface area contributed by atoms with E-state index in [4.69, 9.17) is 23.7 Å². The SMILES string of the molecule is CO[C@@H]1[C@H]2OC(C)(C)O[C@H]2O[C@@H]1[C@H](CC(=O)O)NC(=O)CNC(=O)OC(C)(C)C. The second-order valence-corrected chi connectivity index (χ2v) is 8.40. The molecule has 2 heterocycles. The molecule has 0 aromatic heterocycles. The summed E-state index contributed by atoms with van der Waals surface area (Å²) in [4.78, 5) is 35.3. The maximum atomic E-state index is 12.3. The van der Waals surface area contributed by atoms with Crippen LogP contribution in [0.1, 0.15) is 41.0 Å². The van der Waals surface area contributed by atoms with Gasteiger partial charge in [0.15, 0.2) is 12.1 Å². The Morgan fingerprint density at radius 1 is 1.21 bits per heavy atom. The Morgan fingerprint density at radius 3 is 2.41 bits per heavy atom. The summed E-state index contributed by atoms with van der Waals surface area (Å²) in [5.41, 5.74) is -0.707. The third-order valence-corrected chi connectivity index (χ3v) is 4.23. The van der Waals surface area contributed by atoms with Gasteiger partial charge in [-0.2, -0.15) is 0 Å². The lowest BCUT2D eigenvalue weighted by molar-refractivity contribution is -0.220. The molecule has 0 aromatic rings. The third kappa shape index (κ3) is 6.53. The van der Waals surface area contributed by atoms with Gasteiger partial charge in [-0.05, 0) is 34.6 Å². The monoisotopic (exact) mass is 418 g/mol. The first-order chi connectivity index (χ1) is 13.3. The Bertz CT molecular complexity index is 631. The smallest absolute Gasteiger partial charge is 0.408 e. The first kappa shape index (κ1) is 23.3. The average Bonchev–Trinajstić information content (AvgIpc) is 3.01. The minimum atomic E-state index is -1.13. The van der Waals surface area contributed by atoms with Gasteiger partial charge in [-0.25, -0.2) is 4.79 Å². The molecule has 29 heavy (non-hydrogen) atoms. The first-order valence-electron chi connectivity index (χ1n) is 9.33. The van der Waals surface area contributed by atoms with Crippen LogP contribution in [-0.4, -0.2) is 78.8 Å². The summed E-state index contributed by atoms with van der Waals surface area (Å²) in [6.45, 7) is 8.16. The average molecular weight is 418 g/mol. The quantitative estimate of drug-likeness (QED) is 0.534. The van der Waals surface area contributed by atoms with E-state index in [1.165, 1.54) is 7.11 Å². The molecule has 2 fully saturated rings. The molecule has 0 radical (unpaired) electrons. The van der Waals surface area contributed by atoms with Crippen LogP contribution in [0.2, 0.25) is 0 Å². The second-order valence-electron chi connectivity index (χ2n) is 8.40. The highest BCUT2D eigenvalue weighted by Gasteiger charge is 2.57. The van der Waals surface area contributed by atoms with E-state index in [9.17, 15) is 19.5 Å². The Balaban J connectivity index is 1.99. The molecule has 5 atom stereocenters. The normalized spacial score (nSPS) is 29.0. The molecule has 0 saturated carbocycles. The zero-order chi connectivity index (χ0) is 22.0. The number of methoxy groups -OCH3 is 1. The van der Waals surface area contributed by atoms with Crippen LogP contribution in [0.3, 0.4) is 0 Å². The zero-order valence-corrected chi connectivity index (χ0v) is 17.5. The Hall–Kier alpha value is -1.95. The highest BCUT2D eigenvalue weighted by Crippen LogP contribution is 2.39. The molecule has 2 saturated heterocycles. The molecule has 0 aromatic carbocycles. The summed E-state index contributed by atoms with van der Waals surface area (Å²) in [5, 5.41) is 14.1. The van der Waals surface area contributed by atoms with Crippen molar-refractivity contribution < 1.29 is 43.2 Å². The molecule has 2 amide bonds. The van der Waals surface area contributed by atoms with Crippen LogP contribution in [0.4, 0.5) is 4.79 Å². The van der Waals surface area contributed by atoms with Crippen LogP contribution in [0.25, 0.3) is 0 Å². The minimum Gasteiger partial charge on any atom is -0.481 e. The number of amides is 2. The lowest BCUT2D eigenvalue weighted by Gasteiger charge is -2.30. The molecule has 2 aliphatic rings. The summed E-state index contributed by atoms with van der Waals surface area (Å²) >= 11 is 0. The van der Waals surface area contributed by atoms with E-state index in [0.29, 0.717) is 0 Å². The second kappa shape index (κ2) is 8.82. The molecule has 0 unspecified atom stereocenters. The molecule has 2 aliphatic heterocycles. The number of carbonyl (C=O) groups excluding carboxylic acids is 2. The molecular weight excluding hydrogens is 388 g/mol. The fourth-order valence-corrected chi connectivity index (χ4v) is 3.26. The molecule has 3 N–H and O–H groups in total. The maximum Gasteiger partial charge on any atom is 0.408 e. The number of aliphatic carboxylic acids is 1. The molecule has 11 nitrogen and oxygen atoms in total. The lowest BCUT2D eigenvalue weighted by Crippen LogP contribution is -2.53. The van der Waals surface area contributed by atoms with Crippen molar-refractivity contribution in [1.29, 1.82) is 0 Å². The van der Waals surface area contributed by atoms with Crippen molar-refractivity contribution in [2.24, 2.45) is 0 Å². The summed E-state index contributed by atoms with van der Waals surface area (Å²) in [5.74, 6) is -2.59. The van der Waals surface area contributed by atoms with E-state index in [1.807, 2.05) is 0 Å². The molecule has 0 spiro atoms. The number of hydrogen-bond donors (Lipinski definition) is 3. The van der Waals surface area contributed by atoms with E-state index >= 15 is 0 Å². The Kier molecular flexibility index (Phi) is 7.10. The minimum absolute atomic E-state index is 0.387. The number of carbonyl (C=O) groups is 3. The van der Waals surface area contributed by atoms with E-state index in [1.54, 1.807) is 34.6 Å².